The molecule has 4 heteroatoms. The lowest BCUT2D eigenvalue weighted by atomic mass is 9.99. The fourth-order valence-corrected chi connectivity index (χ4v) is 2.78. The van der Waals surface area contributed by atoms with Crippen LogP contribution in [-0.2, 0) is 9.47 Å². The fourth-order valence-electron chi connectivity index (χ4n) is 2.78. The Morgan fingerprint density at radius 1 is 0.850 bits per heavy atom. The molecule has 0 bridgehead atoms. The normalized spacial score (nSPS) is 17.9. The van der Waals surface area contributed by atoms with Gasteiger partial charge in [0.25, 0.3) is 0 Å². The van der Waals surface area contributed by atoms with Gasteiger partial charge in [0.15, 0.2) is 11.8 Å². The third kappa shape index (κ3) is 4.80. The third-order valence-electron chi connectivity index (χ3n) is 3.91. The van der Waals surface area contributed by atoms with Crippen LogP contribution in [0.2, 0.25) is 0 Å². The summed E-state index contributed by atoms with van der Waals surface area (Å²) in [4.78, 5) is 8.91. The Labute approximate surface area is 122 Å². The second-order valence-corrected chi connectivity index (χ2v) is 5.60. The average molecular weight is 280 g/mol. The molecule has 0 aromatic heterocycles. The van der Waals surface area contributed by atoms with Crippen molar-refractivity contribution in [2.75, 3.05) is 26.3 Å². The first-order chi connectivity index (χ1) is 9.92. The molecule has 20 heavy (non-hydrogen) atoms. The second-order valence-electron chi connectivity index (χ2n) is 5.60. The van der Waals surface area contributed by atoms with E-state index in [4.69, 9.17) is 9.47 Å². The Morgan fingerprint density at radius 3 is 1.90 bits per heavy atom. The quantitative estimate of drug-likeness (QED) is 0.574. The zero-order valence-electron chi connectivity index (χ0n) is 12.8. The molecule has 2 aliphatic rings. The highest BCUT2D eigenvalue weighted by Gasteiger charge is 2.28. The first-order valence-electron chi connectivity index (χ1n) is 8.26. The van der Waals surface area contributed by atoms with Crippen molar-refractivity contribution in [3.63, 3.8) is 0 Å². The third-order valence-corrected chi connectivity index (χ3v) is 3.91. The van der Waals surface area contributed by atoms with Crippen LogP contribution >= 0.6 is 0 Å². The molecule has 2 aliphatic heterocycles. The van der Waals surface area contributed by atoms with E-state index < -0.39 is 0 Å². The Hall–Kier alpha value is -1.06. The monoisotopic (exact) mass is 280 g/mol. The molecule has 0 N–H and O–H groups in total. The molecule has 0 radical (unpaired) electrons. The molecule has 4 nitrogen and oxygen atoms in total. The maximum absolute atomic E-state index is 5.63. The van der Waals surface area contributed by atoms with Gasteiger partial charge in [0.1, 0.15) is 19.1 Å². The summed E-state index contributed by atoms with van der Waals surface area (Å²) in [6, 6.07) is 0. The van der Waals surface area contributed by atoms with Crippen LogP contribution in [0.3, 0.4) is 0 Å². The van der Waals surface area contributed by atoms with E-state index in [9.17, 15) is 0 Å². The predicted octanol–water partition coefficient (Wildman–Crippen LogP) is 3.60. The molecule has 0 saturated carbocycles. The molecule has 0 aromatic rings. The van der Waals surface area contributed by atoms with Crippen molar-refractivity contribution in [3.8, 4) is 0 Å². The molecule has 114 valence electrons. The zero-order chi connectivity index (χ0) is 14.0. The van der Waals surface area contributed by atoms with Crippen LogP contribution < -0.4 is 0 Å². The molecule has 2 rings (SSSR count). The molecule has 0 spiro atoms. The van der Waals surface area contributed by atoms with Gasteiger partial charge in [-0.15, -0.1) is 0 Å². The summed E-state index contributed by atoms with van der Waals surface area (Å²) in [6.07, 6.45) is 10.3. The minimum Gasteiger partial charge on any atom is -0.478 e. The molecule has 0 aliphatic carbocycles. The minimum atomic E-state index is 0.177. The van der Waals surface area contributed by atoms with Crippen LogP contribution in [0.25, 0.3) is 0 Å². The van der Waals surface area contributed by atoms with Gasteiger partial charge in [0, 0.05) is 0 Å². The molecule has 2 heterocycles. The maximum Gasteiger partial charge on any atom is 0.196 e. The van der Waals surface area contributed by atoms with Crippen molar-refractivity contribution >= 4 is 11.8 Å². The Morgan fingerprint density at radius 2 is 1.40 bits per heavy atom. The predicted molar refractivity (Wildman–Crippen MR) is 82.6 cm³/mol. The first-order valence-corrected chi connectivity index (χ1v) is 8.26. The number of hydrogen-bond donors (Lipinski definition) is 0. The molecule has 0 fully saturated rings. The van der Waals surface area contributed by atoms with Gasteiger partial charge < -0.3 is 9.47 Å². The van der Waals surface area contributed by atoms with E-state index in [-0.39, 0.29) is 5.92 Å². The molecular weight excluding hydrogens is 252 g/mol. The van der Waals surface area contributed by atoms with Gasteiger partial charge >= 0.3 is 0 Å². The van der Waals surface area contributed by atoms with Crippen LogP contribution in [0.4, 0.5) is 0 Å². The Kier molecular flexibility index (Phi) is 6.89. The number of hydrogen-bond acceptors (Lipinski definition) is 4. The van der Waals surface area contributed by atoms with Crippen molar-refractivity contribution in [2.45, 2.75) is 58.3 Å². The highest BCUT2D eigenvalue weighted by Crippen LogP contribution is 2.20. The number of rotatable bonds is 10. The maximum atomic E-state index is 5.63. The van der Waals surface area contributed by atoms with E-state index in [1.165, 1.54) is 44.9 Å². The van der Waals surface area contributed by atoms with E-state index in [0.717, 1.165) is 44.5 Å². The van der Waals surface area contributed by atoms with Crippen molar-refractivity contribution < 1.29 is 9.47 Å². The first kappa shape index (κ1) is 15.3. The van der Waals surface area contributed by atoms with Crippen molar-refractivity contribution in [2.24, 2.45) is 15.9 Å². The van der Waals surface area contributed by atoms with Gasteiger partial charge in [0.2, 0.25) is 0 Å². The molecule has 0 aromatic carbocycles. The van der Waals surface area contributed by atoms with Crippen LogP contribution in [0.1, 0.15) is 58.3 Å². The van der Waals surface area contributed by atoms with Gasteiger partial charge in [-0.25, -0.2) is 0 Å². The Bertz CT molecular complexity index is 315. The summed E-state index contributed by atoms with van der Waals surface area (Å²) >= 11 is 0. The highest BCUT2D eigenvalue weighted by molar-refractivity contribution is 6.01. The van der Waals surface area contributed by atoms with Crippen molar-refractivity contribution in [3.05, 3.63) is 0 Å². The topological polar surface area (TPSA) is 43.2 Å². The van der Waals surface area contributed by atoms with Gasteiger partial charge in [0.05, 0.1) is 13.1 Å². The molecular formula is C16H28N2O2. The average Bonchev–Trinajstić information content (AvgIpc) is 3.14. The Balaban J connectivity index is 1.68. The van der Waals surface area contributed by atoms with Gasteiger partial charge in [-0.1, -0.05) is 51.9 Å². The van der Waals surface area contributed by atoms with Crippen LogP contribution in [0, 0.1) is 5.92 Å². The largest absolute Gasteiger partial charge is 0.478 e. The molecule has 0 amide bonds. The summed E-state index contributed by atoms with van der Waals surface area (Å²) in [5.41, 5.74) is 0. The number of unbranched alkanes of at least 4 members (excludes halogenated alkanes) is 6. The fraction of sp³-hybridized carbons (Fsp3) is 0.875. The summed E-state index contributed by atoms with van der Waals surface area (Å²) in [7, 11) is 0. The minimum absolute atomic E-state index is 0.177. The van der Waals surface area contributed by atoms with Gasteiger partial charge in [-0.2, -0.15) is 0 Å². The zero-order valence-corrected chi connectivity index (χ0v) is 12.8. The van der Waals surface area contributed by atoms with E-state index in [0.29, 0.717) is 0 Å². The highest BCUT2D eigenvalue weighted by atomic mass is 16.5. The van der Waals surface area contributed by atoms with E-state index in [2.05, 4.69) is 16.9 Å². The summed E-state index contributed by atoms with van der Waals surface area (Å²) in [5, 5.41) is 0. The SMILES string of the molecule is CCCCCCCCCC(C1=NCCO1)C1=NCCO1. The van der Waals surface area contributed by atoms with Crippen molar-refractivity contribution in [1.82, 2.24) is 0 Å². The van der Waals surface area contributed by atoms with E-state index in [1.54, 1.807) is 0 Å². The lowest BCUT2D eigenvalue weighted by molar-refractivity contribution is 0.300. The van der Waals surface area contributed by atoms with Crippen molar-refractivity contribution in [1.29, 1.82) is 0 Å². The lowest BCUT2D eigenvalue weighted by Crippen LogP contribution is -2.25. The van der Waals surface area contributed by atoms with Crippen LogP contribution in [0.15, 0.2) is 9.98 Å². The number of ether oxygens (including phenoxy) is 2. The van der Waals surface area contributed by atoms with E-state index >= 15 is 0 Å². The summed E-state index contributed by atoms with van der Waals surface area (Å²) < 4.78 is 11.3. The molecule has 0 unspecified atom stereocenters. The van der Waals surface area contributed by atoms with E-state index in [1.807, 2.05) is 0 Å². The van der Waals surface area contributed by atoms with Gasteiger partial charge in [-0.05, 0) is 6.42 Å². The second kappa shape index (κ2) is 8.98. The van der Waals surface area contributed by atoms with Crippen LogP contribution in [0.5, 0.6) is 0 Å². The number of nitrogens with zero attached hydrogens (tertiary/aromatic N) is 2. The lowest BCUT2D eigenvalue weighted by Gasteiger charge is -2.16. The van der Waals surface area contributed by atoms with Gasteiger partial charge in [-0.3, -0.25) is 9.98 Å². The molecule has 0 saturated heterocycles. The van der Waals surface area contributed by atoms with Crippen LogP contribution in [-0.4, -0.2) is 38.1 Å². The smallest absolute Gasteiger partial charge is 0.196 e. The summed E-state index contributed by atoms with van der Waals surface area (Å²) in [5.74, 6) is 1.89. The number of aliphatic imine (C=N–C) groups is 2. The molecule has 0 atom stereocenters. The summed E-state index contributed by atoms with van der Waals surface area (Å²) in [6.45, 7) is 5.27. The standard InChI is InChI=1S/C16H28N2O2/c1-2-3-4-5-6-7-8-9-14(15-17-10-12-19-15)16-18-11-13-20-16/h14H,2-13H2,1H3.